The summed E-state index contributed by atoms with van der Waals surface area (Å²) in [6.45, 7) is 1.86. The maximum absolute atomic E-state index is 12.3. The van der Waals surface area contributed by atoms with Crippen LogP contribution in [0.4, 0.5) is 0 Å². The summed E-state index contributed by atoms with van der Waals surface area (Å²) in [5, 5.41) is 12.1. The lowest BCUT2D eigenvalue weighted by Gasteiger charge is -2.23. The Labute approximate surface area is 169 Å². The average Bonchev–Trinajstić information content (AvgIpc) is 3.31. The van der Waals surface area contributed by atoms with Gasteiger partial charge in [-0.3, -0.25) is 9.20 Å². The highest BCUT2D eigenvalue weighted by Gasteiger charge is 2.38. The number of fused-ring (bicyclic) bond motifs is 3. The standard InChI is InChI=1S/C22H20N2O2S2/c1-13-21(23)24-18(12-28(13)26)15-3-5-20-17(11-15)16-10-14(2-4-19(16)27-20)6-7-22(25)8-9-22/h2-5,10-11,13,18,25H,8-9,12H2,1H3,(H2,23,24). The van der Waals surface area contributed by atoms with Crippen LogP contribution in [-0.2, 0) is 10.8 Å². The van der Waals surface area contributed by atoms with E-state index >= 15 is 0 Å². The Kier molecular flexibility index (Phi) is 4.09. The molecule has 2 heterocycles. The fourth-order valence-corrected chi connectivity index (χ4v) is 5.70. The van der Waals surface area contributed by atoms with Crippen LogP contribution in [0.3, 0.4) is 0 Å². The van der Waals surface area contributed by atoms with Crippen molar-refractivity contribution in [1.82, 2.24) is 0 Å². The fraction of sp³-hybridized carbons (Fsp3) is 0.318. The maximum atomic E-state index is 12.3. The van der Waals surface area contributed by atoms with Gasteiger partial charge in [-0.05, 0) is 55.7 Å². The van der Waals surface area contributed by atoms with Crippen LogP contribution in [0.1, 0.15) is 36.9 Å². The minimum atomic E-state index is -1.00. The Morgan fingerprint density at radius 3 is 2.64 bits per heavy atom. The minimum absolute atomic E-state index is 0.163. The summed E-state index contributed by atoms with van der Waals surface area (Å²) in [6, 6.07) is 12.4. The number of rotatable bonds is 1. The lowest BCUT2D eigenvalue weighted by molar-refractivity contribution is 0.212. The van der Waals surface area contributed by atoms with E-state index in [1.54, 1.807) is 11.3 Å². The second kappa shape index (κ2) is 6.41. The molecule has 3 aromatic rings. The van der Waals surface area contributed by atoms with Crippen molar-refractivity contribution >= 4 is 48.1 Å². The maximum Gasteiger partial charge on any atom is 0.126 e. The first-order valence-electron chi connectivity index (χ1n) is 9.34. The molecular weight excluding hydrogens is 388 g/mol. The summed E-state index contributed by atoms with van der Waals surface area (Å²) < 4.78 is 14.7. The van der Waals surface area contributed by atoms with Gasteiger partial charge in [0.2, 0.25) is 0 Å². The lowest BCUT2D eigenvalue weighted by Crippen LogP contribution is -2.37. The number of hydrogen-bond acceptors (Lipinski definition) is 5. The van der Waals surface area contributed by atoms with E-state index in [-0.39, 0.29) is 11.3 Å². The van der Waals surface area contributed by atoms with E-state index in [1.807, 2.05) is 13.0 Å². The molecule has 5 rings (SSSR count). The molecule has 2 aromatic carbocycles. The van der Waals surface area contributed by atoms with Crippen LogP contribution in [0.5, 0.6) is 0 Å². The normalized spacial score (nSPS) is 25.9. The monoisotopic (exact) mass is 408 g/mol. The number of aliphatic hydroxyl groups is 1. The first kappa shape index (κ1) is 17.9. The molecule has 3 N–H and O–H groups in total. The molecule has 0 spiro atoms. The minimum Gasteiger partial charge on any atom is -0.386 e. The first-order chi connectivity index (χ1) is 13.4. The van der Waals surface area contributed by atoms with E-state index in [2.05, 4.69) is 47.2 Å². The van der Waals surface area contributed by atoms with E-state index in [0.29, 0.717) is 11.6 Å². The van der Waals surface area contributed by atoms with Gasteiger partial charge in [0.05, 0.1) is 17.0 Å². The molecule has 1 fully saturated rings. The number of benzene rings is 2. The number of nitrogens with two attached hydrogens (primary N) is 1. The summed E-state index contributed by atoms with van der Waals surface area (Å²) in [6.07, 6.45) is 1.52. The summed E-state index contributed by atoms with van der Waals surface area (Å²) in [4.78, 5) is 4.59. The van der Waals surface area contributed by atoms with E-state index in [1.165, 1.54) is 9.40 Å². The molecule has 142 valence electrons. The molecule has 6 heteroatoms. The molecule has 0 amide bonds. The van der Waals surface area contributed by atoms with Crippen molar-refractivity contribution in [3.8, 4) is 11.8 Å². The Morgan fingerprint density at radius 1 is 1.21 bits per heavy atom. The van der Waals surface area contributed by atoms with Crippen molar-refractivity contribution in [2.24, 2.45) is 10.7 Å². The van der Waals surface area contributed by atoms with Gasteiger partial charge >= 0.3 is 0 Å². The second-order valence-electron chi connectivity index (χ2n) is 7.61. The average molecular weight is 409 g/mol. The van der Waals surface area contributed by atoms with Gasteiger partial charge in [0.1, 0.15) is 11.4 Å². The third-order valence-corrected chi connectivity index (χ3v) is 8.31. The van der Waals surface area contributed by atoms with Gasteiger partial charge in [0.25, 0.3) is 0 Å². The van der Waals surface area contributed by atoms with Gasteiger partial charge in [0.15, 0.2) is 0 Å². The van der Waals surface area contributed by atoms with Gasteiger partial charge in [-0.2, -0.15) is 0 Å². The van der Waals surface area contributed by atoms with E-state index in [4.69, 9.17) is 5.73 Å². The molecular formula is C22H20N2O2S2. The SMILES string of the molecule is CC1C(N)=NC(c2ccc3sc4ccc(C#CC5(O)CC5)cc4c3c2)CS1=O. The number of nitrogens with zero attached hydrogens (tertiary/aromatic N) is 1. The zero-order valence-corrected chi connectivity index (χ0v) is 17.1. The van der Waals surface area contributed by atoms with Crippen LogP contribution in [-0.4, -0.2) is 31.8 Å². The third kappa shape index (κ3) is 3.14. The molecule has 1 aromatic heterocycles. The number of hydrogen-bond donors (Lipinski definition) is 2. The zero-order chi connectivity index (χ0) is 19.5. The molecule has 4 nitrogen and oxygen atoms in total. The van der Waals surface area contributed by atoms with Gasteiger partial charge in [-0.1, -0.05) is 17.9 Å². The van der Waals surface area contributed by atoms with Gasteiger partial charge < -0.3 is 10.8 Å². The smallest absolute Gasteiger partial charge is 0.126 e. The van der Waals surface area contributed by atoms with Crippen LogP contribution < -0.4 is 5.73 Å². The molecule has 3 atom stereocenters. The van der Waals surface area contributed by atoms with Crippen LogP contribution in [0.15, 0.2) is 41.4 Å². The van der Waals surface area contributed by atoms with Crippen molar-refractivity contribution in [1.29, 1.82) is 0 Å². The second-order valence-corrected chi connectivity index (χ2v) is 10.5. The Morgan fingerprint density at radius 2 is 1.93 bits per heavy atom. The van der Waals surface area contributed by atoms with Crippen LogP contribution >= 0.6 is 11.3 Å². The summed E-state index contributed by atoms with van der Waals surface area (Å²) in [7, 11) is -1.00. The first-order valence-corrected chi connectivity index (χ1v) is 11.5. The van der Waals surface area contributed by atoms with Crippen molar-refractivity contribution < 1.29 is 9.32 Å². The predicted octanol–water partition coefficient (Wildman–Crippen LogP) is 3.48. The molecule has 1 aliphatic carbocycles. The van der Waals surface area contributed by atoms with E-state index in [0.717, 1.165) is 34.7 Å². The molecule has 1 aliphatic heterocycles. The third-order valence-electron chi connectivity index (χ3n) is 5.48. The Hall–Kier alpha value is -2.20. The fourth-order valence-electron chi connectivity index (χ4n) is 3.44. The number of amidine groups is 1. The zero-order valence-electron chi connectivity index (χ0n) is 15.4. The molecule has 1 saturated carbocycles. The summed E-state index contributed by atoms with van der Waals surface area (Å²) >= 11 is 1.75. The van der Waals surface area contributed by atoms with Gasteiger partial charge in [-0.15, -0.1) is 11.3 Å². The van der Waals surface area contributed by atoms with Gasteiger partial charge in [-0.25, -0.2) is 0 Å². The highest BCUT2D eigenvalue weighted by atomic mass is 32.2. The number of thiophene rings is 1. The predicted molar refractivity (Wildman–Crippen MR) is 117 cm³/mol. The topological polar surface area (TPSA) is 75.7 Å². The molecule has 0 bridgehead atoms. The largest absolute Gasteiger partial charge is 0.386 e. The molecule has 2 aliphatic rings. The molecule has 0 saturated heterocycles. The van der Waals surface area contributed by atoms with Crippen LogP contribution in [0.2, 0.25) is 0 Å². The van der Waals surface area contributed by atoms with Crippen molar-refractivity contribution in [3.05, 3.63) is 47.5 Å². The van der Waals surface area contributed by atoms with Gasteiger partial charge in [0, 0.05) is 36.5 Å². The highest BCUT2D eigenvalue weighted by molar-refractivity contribution is 7.86. The molecule has 28 heavy (non-hydrogen) atoms. The Balaban J connectivity index is 1.59. The van der Waals surface area contributed by atoms with Crippen molar-refractivity contribution in [2.75, 3.05) is 5.75 Å². The van der Waals surface area contributed by atoms with E-state index < -0.39 is 16.4 Å². The summed E-state index contributed by atoms with van der Waals surface area (Å²) in [5.74, 6) is 7.07. The highest BCUT2D eigenvalue weighted by Crippen LogP contribution is 2.37. The van der Waals surface area contributed by atoms with Crippen LogP contribution in [0, 0.1) is 11.8 Å². The van der Waals surface area contributed by atoms with Crippen LogP contribution in [0.25, 0.3) is 20.2 Å². The molecule has 0 radical (unpaired) electrons. The van der Waals surface area contributed by atoms with Crippen molar-refractivity contribution in [3.63, 3.8) is 0 Å². The lowest BCUT2D eigenvalue weighted by atomic mass is 10.0. The summed E-state index contributed by atoms with van der Waals surface area (Å²) in [5.41, 5.74) is 7.17. The number of aliphatic imine (C=N–C) groups is 1. The quantitative estimate of drug-likeness (QED) is 0.605. The Bertz CT molecular complexity index is 1230. The van der Waals surface area contributed by atoms with Crippen molar-refractivity contribution in [2.45, 2.75) is 36.7 Å². The van der Waals surface area contributed by atoms with E-state index in [9.17, 15) is 9.32 Å². The molecule has 3 unspecified atom stereocenters.